The molecule has 0 fully saturated rings. The van der Waals surface area contributed by atoms with Gasteiger partial charge in [0, 0.05) is 16.5 Å². The minimum absolute atomic E-state index is 0.273. The van der Waals surface area contributed by atoms with Crippen LogP contribution in [0.1, 0.15) is 18.1 Å². The summed E-state index contributed by atoms with van der Waals surface area (Å²) in [4.78, 5) is 4.63. The molecular formula is C25H21F2NO. The highest BCUT2D eigenvalue weighted by Gasteiger charge is 2.15. The molecule has 4 aromatic rings. The Hall–Kier alpha value is -3.27. The van der Waals surface area contributed by atoms with Gasteiger partial charge in [-0.2, -0.15) is 0 Å². The molecule has 0 unspecified atom stereocenters. The first-order chi connectivity index (χ1) is 14.0. The maximum Gasteiger partial charge on any atom is 0.134 e. The minimum Gasteiger partial charge on any atom is -0.494 e. The summed E-state index contributed by atoms with van der Waals surface area (Å²) in [6.07, 6.45) is 0. The zero-order chi connectivity index (χ0) is 20.5. The molecule has 146 valence electrons. The fourth-order valence-electron chi connectivity index (χ4n) is 3.59. The van der Waals surface area contributed by atoms with Crippen LogP contribution in [-0.2, 0) is 0 Å². The third-order valence-electron chi connectivity index (χ3n) is 5.12. The molecule has 4 rings (SSSR count). The van der Waals surface area contributed by atoms with E-state index in [1.165, 1.54) is 12.1 Å². The van der Waals surface area contributed by atoms with Gasteiger partial charge in [0.2, 0.25) is 0 Å². The topological polar surface area (TPSA) is 22.1 Å². The Kier molecular flexibility index (Phi) is 5.01. The van der Waals surface area contributed by atoms with Gasteiger partial charge in [0.15, 0.2) is 0 Å². The summed E-state index contributed by atoms with van der Waals surface area (Å²) in [5.41, 5.74) is 4.86. The van der Waals surface area contributed by atoms with E-state index >= 15 is 4.39 Å². The van der Waals surface area contributed by atoms with Gasteiger partial charge in [-0.25, -0.2) is 13.8 Å². The first-order valence-corrected chi connectivity index (χ1v) is 9.57. The standard InChI is InChI=1S/C25H21F2NO/c1-4-29-19-8-5-17(6-9-19)21-11-10-20(16(3)25(21)27)24-13-15(2)22-14-18(26)7-12-23(22)28-24/h5-14H,4H2,1-3H3. The number of aromatic nitrogens is 1. The molecule has 0 spiro atoms. The van der Waals surface area contributed by atoms with E-state index in [0.717, 1.165) is 27.8 Å². The van der Waals surface area contributed by atoms with E-state index in [4.69, 9.17) is 4.74 Å². The number of rotatable bonds is 4. The van der Waals surface area contributed by atoms with Crippen molar-refractivity contribution in [3.05, 3.63) is 83.4 Å². The van der Waals surface area contributed by atoms with Crippen molar-refractivity contribution in [1.29, 1.82) is 0 Å². The molecule has 1 heterocycles. The molecular weight excluding hydrogens is 368 g/mol. The Morgan fingerprint density at radius 2 is 1.59 bits per heavy atom. The van der Waals surface area contributed by atoms with Crippen LogP contribution in [0.15, 0.2) is 60.7 Å². The summed E-state index contributed by atoms with van der Waals surface area (Å²) < 4.78 is 34.2. The van der Waals surface area contributed by atoms with Crippen LogP contribution in [0.2, 0.25) is 0 Å². The number of aryl methyl sites for hydroxylation is 1. The van der Waals surface area contributed by atoms with Gasteiger partial charge >= 0.3 is 0 Å². The molecule has 0 amide bonds. The summed E-state index contributed by atoms with van der Waals surface area (Å²) in [7, 11) is 0. The largest absolute Gasteiger partial charge is 0.494 e. The van der Waals surface area contributed by atoms with Gasteiger partial charge in [0.05, 0.1) is 17.8 Å². The third-order valence-corrected chi connectivity index (χ3v) is 5.12. The number of pyridine rings is 1. The molecule has 0 radical (unpaired) electrons. The molecule has 0 aliphatic carbocycles. The Bertz CT molecular complexity index is 1200. The Morgan fingerprint density at radius 1 is 0.862 bits per heavy atom. The average Bonchev–Trinajstić information content (AvgIpc) is 2.71. The smallest absolute Gasteiger partial charge is 0.134 e. The molecule has 0 saturated heterocycles. The molecule has 0 bridgehead atoms. The van der Waals surface area contributed by atoms with E-state index in [2.05, 4.69) is 4.98 Å². The number of ether oxygens (including phenoxy) is 1. The van der Waals surface area contributed by atoms with Crippen molar-refractivity contribution in [2.45, 2.75) is 20.8 Å². The summed E-state index contributed by atoms with van der Waals surface area (Å²) in [6.45, 7) is 6.18. The number of hydrogen-bond acceptors (Lipinski definition) is 2. The van der Waals surface area contributed by atoms with Crippen molar-refractivity contribution in [1.82, 2.24) is 4.98 Å². The maximum atomic E-state index is 15.2. The quantitative estimate of drug-likeness (QED) is 0.380. The van der Waals surface area contributed by atoms with Gasteiger partial charge in [-0.1, -0.05) is 24.3 Å². The van der Waals surface area contributed by atoms with Gasteiger partial charge in [-0.3, -0.25) is 0 Å². The second kappa shape index (κ2) is 7.63. The van der Waals surface area contributed by atoms with E-state index in [1.54, 1.807) is 19.1 Å². The number of fused-ring (bicyclic) bond motifs is 1. The van der Waals surface area contributed by atoms with Gasteiger partial charge in [-0.05, 0) is 73.9 Å². The van der Waals surface area contributed by atoms with Crippen LogP contribution >= 0.6 is 0 Å². The van der Waals surface area contributed by atoms with Crippen LogP contribution in [-0.4, -0.2) is 11.6 Å². The Morgan fingerprint density at radius 3 is 2.31 bits per heavy atom. The van der Waals surface area contributed by atoms with Crippen LogP contribution in [0.3, 0.4) is 0 Å². The molecule has 2 nitrogen and oxygen atoms in total. The first kappa shape index (κ1) is 19.1. The predicted octanol–water partition coefficient (Wildman–Crippen LogP) is 6.86. The van der Waals surface area contributed by atoms with Crippen molar-refractivity contribution >= 4 is 10.9 Å². The van der Waals surface area contributed by atoms with Crippen molar-refractivity contribution in [3.63, 3.8) is 0 Å². The van der Waals surface area contributed by atoms with Gasteiger partial charge in [0.1, 0.15) is 17.4 Å². The highest BCUT2D eigenvalue weighted by molar-refractivity contribution is 5.86. The van der Waals surface area contributed by atoms with Crippen LogP contribution in [0.4, 0.5) is 8.78 Å². The van der Waals surface area contributed by atoms with Crippen LogP contribution < -0.4 is 4.74 Å². The Balaban J connectivity index is 1.78. The average molecular weight is 389 g/mol. The highest BCUT2D eigenvalue weighted by atomic mass is 19.1. The van der Waals surface area contributed by atoms with Crippen molar-refractivity contribution in [2.24, 2.45) is 0 Å². The summed E-state index contributed by atoms with van der Waals surface area (Å²) >= 11 is 0. The third kappa shape index (κ3) is 3.58. The summed E-state index contributed by atoms with van der Waals surface area (Å²) in [6, 6.07) is 17.5. The number of halogens is 2. The van der Waals surface area contributed by atoms with Crippen molar-refractivity contribution in [2.75, 3.05) is 6.61 Å². The minimum atomic E-state index is -0.294. The lowest BCUT2D eigenvalue weighted by Gasteiger charge is -2.13. The van der Waals surface area contributed by atoms with Crippen LogP contribution in [0.5, 0.6) is 5.75 Å². The first-order valence-electron chi connectivity index (χ1n) is 9.57. The highest BCUT2D eigenvalue weighted by Crippen LogP contribution is 2.33. The fraction of sp³-hybridized carbons (Fsp3) is 0.160. The molecule has 4 heteroatoms. The maximum absolute atomic E-state index is 15.2. The van der Waals surface area contributed by atoms with Crippen LogP contribution in [0.25, 0.3) is 33.3 Å². The molecule has 0 atom stereocenters. The lowest BCUT2D eigenvalue weighted by Crippen LogP contribution is -1.96. The molecule has 0 N–H and O–H groups in total. The van der Waals surface area contributed by atoms with E-state index in [-0.39, 0.29) is 11.6 Å². The lowest BCUT2D eigenvalue weighted by atomic mass is 9.96. The molecule has 3 aromatic carbocycles. The second-order valence-corrected chi connectivity index (χ2v) is 7.04. The predicted molar refractivity (Wildman–Crippen MR) is 113 cm³/mol. The van der Waals surface area contributed by atoms with Gasteiger partial charge in [-0.15, -0.1) is 0 Å². The molecule has 29 heavy (non-hydrogen) atoms. The fourth-order valence-corrected chi connectivity index (χ4v) is 3.59. The molecule has 0 saturated carbocycles. The monoisotopic (exact) mass is 389 g/mol. The van der Waals surface area contributed by atoms with E-state index in [9.17, 15) is 4.39 Å². The van der Waals surface area contributed by atoms with Crippen LogP contribution in [0, 0.1) is 25.5 Å². The molecule has 0 aliphatic heterocycles. The second-order valence-electron chi connectivity index (χ2n) is 7.04. The Labute approximate surface area is 168 Å². The molecule has 0 aliphatic rings. The summed E-state index contributed by atoms with van der Waals surface area (Å²) in [5.74, 6) is 0.194. The van der Waals surface area contributed by atoms with Gasteiger partial charge in [0.25, 0.3) is 0 Å². The van der Waals surface area contributed by atoms with Crippen molar-refractivity contribution < 1.29 is 13.5 Å². The van der Waals surface area contributed by atoms with E-state index in [0.29, 0.717) is 28.9 Å². The molecule has 1 aromatic heterocycles. The lowest BCUT2D eigenvalue weighted by molar-refractivity contribution is 0.340. The number of nitrogens with zero attached hydrogens (tertiary/aromatic N) is 1. The SMILES string of the molecule is CCOc1ccc(-c2ccc(-c3cc(C)c4cc(F)ccc4n3)c(C)c2F)cc1. The van der Waals surface area contributed by atoms with E-state index < -0.39 is 0 Å². The number of hydrogen-bond donors (Lipinski definition) is 0. The van der Waals surface area contributed by atoms with Crippen molar-refractivity contribution in [3.8, 4) is 28.1 Å². The van der Waals surface area contributed by atoms with E-state index in [1.807, 2.05) is 50.2 Å². The van der Waals surface area contributed by atoms with Gasteiger partial charge < -0.3 is 4.74 Å². The summed E-state index contributed by atoms with van der Waals surface area (Å²) in [5, 5.41) is 0.762. The number of benzene rings is 3. The zero-order valence-electron chi connectivity index (χ0n) is 16.6. The zero-order valence-corrected chi connectivity index (χ0v) is 16.6. The normalized spacial score (nSPS) is 11.1.